The fourth-order valence-corrected chi connectivity index (χ4v) is 6.53. The van der Waals surface area contributed by atoms with E-state index in [4.69, 9.17) is 4.74 Å². The second-order valence-corrected chi connectivity index (χ2v) is 11.5. The molecule has 170 valence electrons. The minimum atomic E-state index is -3.50. The van der Waals surface area contributed by atoms with Gasteiger partial charge >= 0.3 is 0 Å². The molecule has 0 saturated carbocycles. The van der Waals surface area contributed by atoms with E-state index < -0.39 is 9.84 Å². The van der Waals surface area contributed by atoms with E-state index in [9.17, 15) is 8.42 Å². The summed E-state index contributed by atoms with van der Waals surface area (Å²) in [5.41, 5.74) is 0.564. The van der Waals surface area contributed by atoms with E-state index in [1.54, 1.807) is 13.3 Å². The summed E-state index contributed by atoms with van der Waals surface area (Å²) in [5.74, 6) is 0.0595. The van der Waals surface area contributed by atoms with Gasteiger partial charge in [0.05, 0.1) is 24.3 Å². The van der Waals surface area contributed by atoms with Crippen LogP contribution in [0.5, 0.6) is 0 Å². The van der Waals surface area contributed by atoms with Gasteiger partial charge in [0.1, 0.15) is 0 Å². The van der Waals surface area contributed by atoms with Gasteiger partial charge in [-0.2, -0.15) is 0 Å². The van der Waals surface area contributed by atoms with Crippen LogP contribution in [0.15, 0.2) is 36.7 Å². The lowest BCUT2D eigenvalue weighted by molar-refractivity contribution is 0.0401. The normalized spacial score (nSPS) is 17.7. The average molecular weight is 438 g/mol. The second-order valence-electron chi connectivity index (χ2n) is 9.58. The van der Waals surface area contributed by atoms with E-state index in [1.165, 1.54) is 6.42 Å². The number of likely N-dealkylation sites (tertiary alicyclic amines) is 1. The van der Waals surface area contributed by atoms with Crippen molar-refractivity contribution in [2.75, 3.05) is 26.0 Å². The van der Waals surface area contributed by atoms with Gasteiger partial charge in [-0.15, -0.1) is 13.2 Å². The third-order valence-electron chi connectivity index (χ3n) is 5.71. The molecule has 2 rings (SSSR count). The molecular weight excluding hydrogens is 398 g/mol. The summed E-state index contributed by atoms with van der Waals surface area (Å²) in [6.07, 6.45) is 10.9. The predicted octanol–water partition coefficient (Wildman–Crippen LogP) is 4.23. The Bertz CT molecular complexity index is 811. The largest absolute Gasteiger partial charge is 0.383 e. The number of nitrogens with zero attached hydrogens (tertiary/aromatic N) is 3. The van der Waals surface area contributed by atoms with Gasteiger partial charge in [-0.25, -0.2) is 13.4 Å². The van der Waals surface area contributed by atoms with Gasteiger partial charge in [0, 0.05) is 25.7 Å². The lowest BCUT2D eigenvalue weighted by Crippen LogP contribution is -2.51. The van der Waals surface area contributed by atoms with Crippen LogP contribution in [-0.4, -0.2) is 54.4 Å². The van der Waals surface area contributed by atoms with Crippen LogP contribution in [0.4, 0.5) is 0 Å². The van der Waals surface area contributed by atoms with Gasteiger partial charge in [0.2, 0.25) is 15.0 Å². The van der Waals surface area contributed by atoms with E-state index in [1.807, 2.05) is 37.5 Å². The Kier molecular flexibility index (Phi) is 8.48. The van der Waals surface area contributed by atoms with Gasteiger partial charge in [-0.1, -0.05) is 39.3 Å². The van der Waals surface area contributed by atoms with Gasteiger partial charge in [0.15, 0.2) is 0 Å². The predicted molar refractivity (Wildman–Crippen MR) is 122 cm³/mol. The summed E-state index contributed by atoms with van der Waals surface area (Å²) in [6, 6.07) is 0. The lowest BCUT2D eigenvalue weighted by atomic mass is 9.80. The molecule has 0 radical (unpaired) electrons. The summed E-state index contributed by atoms with van der Waals surface area (Å²) in [5, 5.41) is 0.152. The molecule has 1 fully saturated rings. The van der Waals surface area contributed by atoms with Crippen LogP contribution in [0, 0.1) is 5.41 Å². The molecular formula is C23H39N3O3S. The number of sulfone groups is 1. The van der Waals surface area contributed by atoms with Crippen LogP contribution in [0.3, 0.4) is 0 Å². The summed E-state index contributed by atoms with van der Waals surface area (Å²) in [7, 11) is -1.87. The Labute approximate surface area is 182 Å². The lowest BCUT2D eigenvalue weighted by Gasteiger charge is -2.47. The Hall–Kier alpha value is -1.44. The van der Waals surface area contributed by atoms with Crippen LogP contribution >= 0.6 is 0 Å². The smallest absolute Gasteiger partial charge is 0.227 e. The molecule has 30 heavy (non-hydrogen) atoms. The number of imidazole rings is 1. The number of aromatic nitrogens is 2. The first-order chi connectivity index (χ1) is 14.1. The molecule has 1 aromatic rings. The first-order valence-electron chi connectivity index (χ1n) is 10.8. The number of piperidine rings is 1. The molecule has 0 unspecified atom stereocenters. The maximum atomic E-state index is 13.1. The van der Waals surface area contributed by atoms with Crippen molar-refractivity contribution in [1.29, 1.82) is 0 Å². The highest BCUT2D eigenvalue weighted by Crippen LogP contribution is 2.36. The molecule has 0 aromatic carbocycles. The summed E-state index contributed by atoms with van der Waals surface area (Å²) < 4.78 is 33.3. The number of hydrogen-bond acceptors (Lipinski definition) is 5. The molecule has 0 atom stereocenters. The first-order valence-corrected chi connectivity index (χ1v) is 12.5. The highest BCUT2D eigenvalue weighted by atomic mass is 32.2. The quantitative estimate of drug-likeness (QED) is 0.485. The molecule has 1 aliphatic rings. The number of hydrogen-bond donors (Lipinski definition) is 0. The van der Waals surface area contributed by atoms with Crippen molar-refractivity contribution in [3.63, 3.8) is 0 Å². The second kappa shape index (κ2) is 10.2. The van der Waals surface area contributed by atoms with E-state index in [0.29, 0.717) is 19.7 Å². The zero-order valence-corrected chi connectivity index (χ0v) is 20.0. The van der Waals surface area contributed by atoms with E-state index >= 15 is 0 Å². The van der Waals surface area contributed by atoms with Crippen molar-refractivity contribution in [3.8, 4) is 0 Å². The Balaban J connectivity index is 2.42. The van der Waals surface area contributed by atoms with Crippen molar-refractivity contribution in [3.05, 3.63) is 37.2 Å². The fraction of sp³-hybridized carbons (Fsp3) is 0.696. The molecule has 6 nitrogen and oxygen atoms in total. The van der Waals surface area contributed by atoms with E-state index in [-0.39, 0.29) is 21.9 Å². The molecule has 0 amide bonds. The highest BCUT2D eigenvalue weighted by Gasteiger charge is 2.37. The topological polar surface area (TPSA) is 64.4 Å². The standard InChI is InChI=1S/C23H39N3O3S/c1-7-11-23(12-8-2)13-9-10-14-25(23)18-20-17-24-21(26(20)15-16-29-6)30(27,28)19-22(3,4)5/h7-8,17H,1-2,9-16,18-19H2,3-6H3. The molecule has 7 heteroatoms. The van der Waals surface area contributed by atoms with Crippen molar-refractivity contribution in [2.45, 2.75) is 76.7 Å². The maximum absolute atomic E-state index is 13.1. The highest BCUT2D eigenvalue weighted by molar-refractivity contribution is 7.91. The Morgan fingerprint density at radius 1 is 1.23 bits per heavy atom. The van der Waals surface area contributed by atoms with Crippen molar-refractivity contribution in [2.24, 2.45) is 5.41 Å². The monoisotopic (exact) mass is 437 g/mol. The van der Waals surface area contributed by atoms with Gasteiger partial charge in [-0.05, 0) is 37.6 Å². The minimum absolute atomic E-state index is 0.0114. The summed E-state index contributed by atoms with van der Waals surface area (Å²) in [4.78, 5) is 6.86. The third-order valence-corrected chi connectivity index (χ3v) is 7.84. The van der Waals surface area contributed by atoms with Crippen molar-refractivity contribution >= 4 is 9.84 Å². The molecule has 0 spiro atoms. The van der Waals surface area contributed by atoms with Gasteiger partial charge in [-0.3, -0.25) is 4.90 Å². The van der Waals surface area contributed by atoms with Gasteiger partial charge < -0.3 is 9.30 Å². The van der Waals surface area contributed by atoms with Crippen LogP contribution in [-0.2, 0) is 27.7 Å². The van der Waals surface area contributed by atoms with Crippen molar-refractivity contribution < 1.29 is 13.2 Å². The zero-order valence-electron chi connectivity index (χ0n) is 19.2. The SMILES string of the molecule is C=CCC1(CC=C)CCCCN1Cc1cnc(S(=O)(=O)CC(C)(C)C)n1CCOC. The number of ether oxygens (including phenoxy) is 1. The first kappa shape index (κ1) is 24.8. The van der Waals surface area contributed by atoms with Crippen LogP contribution < -0.4 is 0 Å². The molecule has 0 bridgehead atoms. The molecule has 0 N–H and O–H groups in total. The van der Waals surface area contributed by atoms with Crippen molar-refractivity contribution in [1.82, 2.24) is 14.5 Å². The van der Waals surface area contributed by atoms with E-state index in [2.05, 4.69) is 23.0 Å². The third kappa shape index (κ3) is 6.05. The average Bonchev–Trinajstić information content (AvgIpc) is 3.04. The zero-order chi connectivity index (χ0) is 22.4. The van der Waals surface area contributed by atoms with Crippen LogP contribution in [0.25, 0.3) is 0 Å². The minimum Gasteiger partial charge on any atom is -0.383 e. The fourth-order valence-electron chi connectivity index (χ4n) is 4.50. The Morgan fingerprint density at radius 3 is 2.47 bits per heavy atom. The number of rotatable bonds is 11. The molecule has 1 aromatic heterocycles. The van der Waals surface area contributed by atoms with Crippen LogP contribution in [0.2, 0.25) is 0 Å². The summed E-state index contributed by atoms with van der Waals surface area (Å²) >= 11 is 0. The summed E-state index contributed by atoms with van der Waals surface area (Å²) in [6.45, 7) is 16.3. The maximum Gasteiger partial charge on any atom is 0.227 e. The molecule has 2 heterocycles. The van der Waals surface area contributed by atoms with Crippen LogP contribution in [0.1, 0.15) is 58.6 Å². The number of methoxy groups -OCH3 is 1. The molecule has 1 saturated heterocycles. The molecule has 1 aliphatic heterocycles. The Morgan fingerprint density at radius 2 is 1.90 bits per heavy atom. The van der Waals surface area contributed by atoms with Gasteiger partial charge in [0.25, 0.3) is 0 Å². The molecule has 0 aliphatic carbocycles. The van der Waals surface area contributed by atoms with E-state index in [0.717, 1.165) is 37.9 Å².